The monoisotopic (exact) mass is 458 g/mol. The summed E-state index contributed by atoms with van der Waals surface area (Å²) in [5.41, 5.74) is 6.50. The summed E-state index contributed by atoms with van der Waals surface area (Å²) >= 11 is 0. The standard InChI is InChI=1S/C24H19FN6O3/c25-18-11-13-19(14-12-18)28-22-21(31(33)34)23(27-15-26-22)29-30-24(32)20(16-7-3-1-4-8-16)17-9-5-2-6-10-17/h1-15,20H,(H,30,32)(H2,26,27,28,29). The zero-order valence-electron chi connectivity index (χ0n) is 17.7. The number of amides is 1. The van der Waals surface area contributed by atoms with Crippen LogP contribution in [0.2, 0.25) is 0 Å². The number of nitrogens with one attached hydrogen (secondary N) is 3. The maximum absolute atomic E-state index is 13.2. The van der Waals surface area contributed by atoms with Crippen LogP contribution in [0.5, 0.6) is 0 Å². The highest BCUT2D eigenvalue weighted by atomic mass is 19.1. The van der Waals surface area contributed by atoms with E-state index in [1.807, 2.05) is 60.7 Å². The van der Waals surface area contributed by atoms with Gasteiger partial charge in [-0.25, -0.2) is 14.4 Å². The van der Waals surface area contributed by atoms with Crippen molar-refractivity contribution in [2.75, 3.05) is 10.7 Å². The van der Waals surface area contributed by atoms with Crippen molar-refractivity contribution in [1.82, 2.24) is 15.4 Å². The fraction of sp³-hybridized carbons (Fsp3) is 0.0417. The minimum absolute atomic E-state index is 0.119. The summed E-state index contributed by atoms with van der Waals surface area (Å²) < 4.78 is 13.2. The van der Waals surface area contributed by atoms with E-state index in [1.54, 1.807) is 0 Å². The molecule has 0 unspecified atom stereocenters. The molecular formula is C24H19FN6O3. The Morgan fingerprint density at radius 1 is 0.853 bits per heavy atom. The van der Waals surface area contributed by atoms with E-state index in [-0.39, 0.29) is 11.6 Å². The van der Waals surface area contributed by atoms with Gasteiger partial charge in [-0.15, -0.1) is 0 Å². The quantitative estimate of drug-likeness (QED) is 0.262. The van der Waals surface area contributed by atoms with Crippen molar-refractivity contribution < 1.29 is 14.1 Å². The van der Waals surface area contributed by atoms with E-state index in [2.05, 4.69) is 26.1 Å². The SMILES string of the molecule is O=C(NNc1ncnc(Nc2ccc(F)cc2)c1[N+](=O)[O-])C(c1ccccc1)c1ccccc1. The molecule has 4 rings (SSSR count). The number of nitro groups is 1. The highest BCUT2D eigenvalue weighted by molar-refractivity contribution is 5.88. The van der Waals surface area contributed by atoms with Crippen molar-refractivity contribution in [1.29, 1.82) is 0 Å². The van der Waals surface area contributed by atoms with Gasteiger partial charge in [-0.05, 0) is 35.4 Å². The molecule has 4 aromatic rings. The zero-order chi connectivity index (χ0) is 23.9. The third-order valence-corrected chi connectivity index (χ3v) is 4.94. The first-order valence-electron chi connectivity index (χ1n) is 10.2. The molecule has 0 spiro atoms. The third-order valence-electron chi connectivity index (χ3n) is 4.94. The fourth-order valence-corrected chi connectivity index (χ4v) is 3.38. The predicted octanol–water partition coefficient (Wildman–Crippen LogP) is 4.54. The lowest BCUT2D eigenvalue weighted by Crippen LogP contribution is -2.35. The van der Waals surface area contributed by atoms with Crippen LogP contribution < -0.4 is 16.2 Å². The molecule has 170 valence electrons. The number of aromatic nitrogens is 2. The second kappa shape index (κ2) is 10.2. The lowest BCUT2D eigenvalue weighted by molar-refractivity contribution is -0.383. The summed E-state index contributed by atoms with van der Waals surface area (Å²) in [4.78, 5) is 32.1. The normalized spacial score (nSPS) is 10.5. The Kier molecular flexibility index (Phi) is 6.68. The van der Waals surface area contributed by atoms with E-state index in [0.717, 1.165) is 17.5 Å². The van der Waals surface area contributed by atoms with Crippen LogP contribution in [0.15, 0.2) is 91.3 Å². The molecule has 1 amide bonds. The van der Waals surface area contributed by atoms with Crippen molar-refractivity contribution in [3.05, 3.63) is 118 Å². The molecule has 3 aromatic carbocycles. The van der Waals surface area contributed by atoms with Crippen molar-refractivity contribution >= 4 is 28.9 Å². The molecule has 3 N–H and O–H groups in total. The van der Waals surface area contributed by atoms with Gasteiger partial charge in [0.05, 0.1) is 10.8 Å². The number of carbonyl (C=O) groups excluding carboxylic acids is 1. The second-order valence-corrected chi connectivity index (χ2v) is 7.18. The van der Waals surface area contributed by atoms with Crippen molar-refractivity contribution in [2.24, 2.45) is 0 Å². The maximum Gasteiger partial charge on any atom is 0.355 e. The average molecular weight is 458 g/mol. The molecule has 0 bridgehead atoms. The number of benzene rings is 3. The second-order valence-electron chi connectivity index (χ2n) is 7.18. The molecule has 0 saturated carbocycles. The Morgan fingerprint density at radius 3 is 1.97 bits per heavy atom. The number of hydrogen-bond donors (Lipinski definition) is 3. The number of hydrogen-bond acceptors (Lipinski definition) is 7. The van der Waals surface area contributed by atoms with Crippen LogP contribution >= 0.6 is 0 Å². The zero-order valence-corrected chi connectivity index (χ0v) is 17.7. The minimum atomic E-state index is -0.674. The lowest BCUT2D eigenvalue weighted by atomic mass is 9.91. The first-order valence-corrected chi connectivity index (χ1v) is 10.2. The van der Waals surface area contributed by atoms with Gasteiger partial charge < -0.3 is 5.32 Å². The van der Waals surface area contributed by atoms with Crippen LogP contribution in [0.25, 0.3) is 0 Å². The molecule has 10 heteroatoms. The first-order chi connectivity index (χ1) is 16.5. The highest BCUT2D eigenvalue weighted by Crippen LogP contribution is 2.31. The Bertz CT molecular complexity index is 1250. The van der Waals surface area contributed by atoms with Crippen LogP contribution in [0.1, 0.15) is 17.0 Å². The van der Waals surface area contributed by atoms with Gasteiger partial charge >= 0.3 is 5.69 Å². The van der Waals surface area contributed by atoms with E-state index < -0.39 is 28.3 Å². The van der Waals surface area contributed by atoms with Gasteiger partial charge in [-0.3, -0.25) is 25.8 Å². The van der Waals surface area contributed by atoms with Gasteiger partial charge in [-0.2, -0.15) is 0 Å². The summed E-state index contributed by atoms with van der Waals surface area (Å²) in [6, 6.07) is 23.6. The molecule has 9 nitrogen and oxygen atoms in total. The molecule has 0 aliphatic carbocycles. The molecule has 1 aromatic heterocycles. The summed E-state index contributed by atoms with van der Waals surface area (Å²) in [5, 5.41) is 14.6. The van der Waals surface area contributed by atoms with Crippen molar-refractivity contribution in [2.45, 2.75) is 5.92 Å². The van der Waals surface area contributed by atoms with Gasteiger partial charge in [0.25, 0.3) is 0 Å². The van der Waals surface area contributed by atoms with Crippen LogP contribution in [0, 0.1) is 15.9 Å². The molecule has 0 fully saturated rings. The van der Waals surface area contributed by atoms with Crippen LogP contribution in [-0.2, 0) is 4.79 Å². The van der Waals surface area contributed by atoms with Gasteiger partial charge in [0.2, 0.25) is 17.5 Å². The molecular weight excluding hydrogens is 439 g/mol. The Hall–Kier alpha value is -4.86. The molecule has 0 atom stereocenters. The Balaban J connectivity index is 1.59. The maximum atomic E-state index is 13.2. The molecule has 0 saturated heterocycles. The predicted molar refractivity (Wildman–Crippen MR) is 125 cm³/mol. The smallest absolute Gasteiger partial charge is 0.334 e. The number of anilines is 3. The van der Waals surface area contributed by atoms with Crippen LogP contribution in [-0.4, -0.2) is 20.8 Å². The highest BCUT2D eigenvalue weighted by Gasteiger charge is 2.26. The van der Waals surface area contributed by atoms with Gasteiger partial charge in [0, 0.05) is 5.69 Å². The van der Waals surface area contributed by atoms with E-state index >= 15 is 0 Å². The first kappa shape index (κ1) is 22.3. The van der Waals surface area contributed by atoms with Crippen LogP contribution in [0.3, 0.4) is 0 Å². The summed E-state index contributed by atoms with van der Waals surface area (Å²) in [6.07, 6.45) is 1.11. The third kappa shape index (κ3) is 5.13. The van der Waals surface area contributed by atoms with E-state index in [1.165, 1.54) is 24.3 Å². The van der Waals surface area contributed by atoms with E-state index in [9.17, 15) is 19.3 Å². The average Bonchev–Trinajstić information content (AvgIpc) is 2.85. The van der Waals surface area contributed by atoms with Gasteiger partial charge in [-0.1, -0.05) is 60.7 Å². The fourth-order valence-electron chi connectivity index (χ4n) is 3.38. The summed E-state index contributed by atoms with van der Waals surface area (Å²) in [6.45, 7) is 0. The molecule has 0 aliphatic heterocycles. The largest absolute Gasteiger partial charge is 0.355 e. The Morgan fingerprint density at radius 2 is 1.41 bits per heavy atom. The number of halogens is 1. The Labute approximate surface area is 193 Å². The molecule has 0 aliphatic rings. The van der Waals surface area contributed by atoms with Crippen LogP contribution in [0.4, 0.5) is 27.4 Å². The topological polar surface area (TPSA) is 122 Å². The minimum Gasteiger partial charge on any atom is -0.334 e. The lowest BCUT2D eigenvalue weighted by Gasteiger charge is -2.18. The number of nitrogens with zero attached hydrogens (tertiary/aromatic N) is 3. The number of rotatable bonds is 8. The van der Waals surface area contributed by atoms with Crippen molar-refractivity contribution in [3.63, 3.8) is 0 Å². The number of carbonyl (C=O) groups is 1. The van der Waals surface area contributed by atoms with Crippen molar-refractivity contribution in [3.8, 4) is 0 Å². The molecule has 34 heavy (non-hydrogen) atoms. The number of hydrazine groups is 1. The summed E-state index contributed by atoms with van der Waals surface area (Å²) in [7, 11) is 0. The van der Waals surface area contributed by atoms with E-state index in [4.69, 9.17) is 0 Å². The van der Waals surface area contributed by atoms with Gasteiger partial charge in [0.1, 0.15) is 12.1 Å². The van der Waals surface area contributed by atoms with Gasteiger partial charge in [0.15, 0.2) is 0 Å². The molecule has 1 heterocycles. The summed E-state index contributed by atoms with van der Waals surface area (Å²) in [5.74, 6) is -1.87. The molecule has 0 radical (unpaired) electrons. The van der Waals surface area contributed by atoms with E-state index in [0.29, 0.717) is 5.69 Å².